The lowest BCUT2D eigenvalue weighted by molar-refractivity contribution is -0.145. The molecule has 1 aromatic heterocycles. The van der Waals surface area contributed by atoms with Crippen LogP contribution in [-0.4, -0.2) is 58.4 Å². The molecule has 2 amide bonds. The number of likely N-dealkylation sites (tertiary alicyclic amines) is 1. The van der Waals surface area contributed by atoms with Gasteiger partial charge in [-0.2, -0.15) is 0 Å². The van der Waals surface area contributed by atoms with E-state index in [1.165, 1.54) is 21.6 Å². The number of amides is 2. The highest BCUT2D eigenvalue weighted by molar-refractivity contribution is 7.11. The minimum atomic E-state index is -0.999. The van der Waals surface area contributed by atoms with Crippen LogP contribution in [0.3, 0.4) is 0 Å². The number of thiophene rings is 1. The summed E-state index contributed by atoms with van der Waals surface area (Å²) >= 11 is 1.78. The Morgan fingerprint density at radius 2 is 2.04 bits per heavy atom. The van der Waals surface area contributed by atoms with Gasteiger partial charge in [-0.3, -0.25) is 14.4 Å². The van der Waals surface area contributed by atoms with E-state index >= 15 is 0 Å². The maximum atomic E-state index is 12.5. The minimum Gasteiger partial charge on any atom is -0.480 e. The van der Waals surface area contributed by atoms with Crippen LogP contribution in [0.1, 0.15) is 48.8 Å². The van der Waals surface area contributed by atoms with Crippen molar-refractivity contribution in [3.05, 3.63) is 21.9 Å². The van der Waals surface area contributed by atoms with Gasteiger partial charge in [-0.15, -0.1) is 11.3 Å². The smallest absolute Gasteiger partial charge is 0.323 e. The van der Waals surface area contributed by atoms with Crippen molar-refractivity contribution in [1.82, 2.24) is 9.80 Å². The number of aliphatic carboxylic acids is 1. The van der Waals surface area contributed by atoms with Crippen molar-refractivity contribution in [3.8, 4) is 0 Å². The van der Waals surface area contributed by atoms with E-state index in [0.29, 0.717) is 25.9 Å². The molecule has 1 saturated heterocycles. The fourth-order valence-electron chi connectivity index (χ4n) is 3.47. The maximum absolute atomic E-state index is 12.5. The summed E-state index contributed by atoms with van der Waals surface area (Å²) in [4.78, 5) is 41.2. The average molecular weight is 381 g/mol. The van der Waals surface area contributed by atoms with E-state index in [9.17, 15) is 14.4 Å². The second-order valence-electron chi connectivity index (χ2n) is 6.87. The highest BCUT2D eigenvalue weighted by atomic mass is 32.1. The summed E-state index contributed by atoms with van der Waals surface area (Å²) in [5.74, 6) is -1.06. The summed E-state index contributed by atoms with van der Waals surface area (Å²) in [6.07, 6.45) is 4.49. The first-order valence-electron chi connectivity index (χ1n) is 9.19. The number of carbonyl (C=O) groups excluding carboxylic acids is 2. The maximum Gasteiger partial charge on any atom is 0.323 e. The molecule has 1 fully saturated rings. The molecule has 6 nitrogen and oxygen atoms in total. The fourth-order valence-corrected chi connectivity index (χ4v) is 4.41. The predicted octanol–water partition coefficient (Wildman–Crippen LogP) is 2.69. The Balaban J connectivity index is 1.81. The molecule has 2 rings (SSSR count). The predicted molar refractivity (Wildman–Crippen MR) is 101 cm³/mol. The third-order valence-electron chi connectivity index (χ3n) is 4.81. The van der Waals surface area contributed by atoms with E-state index in [2.05, 4.69) is 19.1 Å². The van der Waals surface area contributed by atoms with E-state index in [0.717, 1.165) is 25.7 Å². The lowest BCUT2D eigenvalue weighted by Crippen LogP contribution is -2.43. The lowest BCUT2D eigenvalue weighted by Gasteiger charge is -2.28. The van der Waals surface area contributed by atoms with Crippen LogP contribution in [0.2, 0.25) is 0 Å². The Bertz CT molecular complexity index is 643. The third-order valence-corrected chi connectivity index (χ3v) is 5.87. The van der Waals surface area contributed by atoms with Crippen molar-refractivity contribution in [2.75, 3.05) is 19.6 Å². The highest BCUT2D eigenvalue weighted by Gasteiger charge is 2.27. The first kappa shape index (κ1) is 20.4. The zero-order chi connectivity index (χ0) is 19.1. The van der Waals surface area contributed by atoms with Crippen LogP contribution >= 0.6 is 11.3 Å². The SMILES string of the molecule is CC(=O)N(CC(=O)O)C1CCCN(C(=O)CCCc2ccc(C)s2)CC1. The number of hydrogen-bond donors (Lipinski definition) is 1. The van der Waals surface area contributed by atoms with Crippen LogP contribution in [-0.2, 0) is 20.8 Å². The van der Waals surface area contributed by atoms with Gasteiger partial charge >= 0.3 is 5.97 Å². The molecule has 2 heterocycles. The molecule has 1 N–H and O–H groups in total. The Kier molecular flexibility index (Phi) is 7.63. The fraction of sp³-hybridized carbons (Fsp3) is 0.632. The number of nitrogens with zero attached hydrogens (tertiary/aromatic N) is 2. The quantitative estimate of drug-likeness (QED) is 0.789. The second kappa shape index (κ2) is 9.71. The number of rotatable bonds is 7. The Morgan fingerprint density at radius 1 is 1.27 bits per heavy atom. The first-order chi connectivity index (χ1) is 12.4. The molecule has 144 valence electrons. The molecule has 1 aliphatic heterocycles. The van der Waals surface area contributed by atoms with Crippen molar-refractivity contribution in [3.63, 3.8) is 0 Å². The molecule has 0 bridgehead atoms. The van der Waals surface area contributed by atoms with Crippen LogP contribution < -0.4 is 0 Å². The number of carboxylic acids is 1. The monoisotopic (exact) mass is 380 g/mol. The largest absolute Gasteiger partial charge is 0.480 e. The van der Waals surface area contributed by atoms with Gasteiger partial charge in [0.05, 0.1) is 0 Å². The zero-order valence-corrected chi connectivity index (χ0v) is 16.4. The molecule has 1 aliphatic rings. The van der Waals surface area contributed by atoms with Crippen LogP contribution in [0.4, 0.5) is 0 Å². The van der Waals surface area contributed by atoms with Gasteiger partial charge in [0.25, 0.3) is 0 Å². The molecule has 0 saturated carbocycles. The summed E-state index contributed by atoms with van der Waals surface area (Å²) in [7, 11) is 0. The van der Waals surface area contributed by atoms with E-state index in [1.54, 1.807) is 11.3 Å². The van der Waals surface area contributed by atoms with Gasteiger partial charge in [0.15, 0.2) is 0 Å². The molecule has 7 heteroatoms. The van der Waals surface area contributed by atoms with Gasteiger partial charge in [-0.1, -0.05) is 0 Å². The van der Waals surface area contributed by atoms with Crippen molar-refractivity contribution >= 4 is 29.1 Å². The topological polar surface area (TPSA) is 77.9 Å². The molecular formula is C19H28N2O4S. The molecular weight excluding hydrogens is 352 g/mol. The Labute approximate surface area is 158 Å². The normalized spacial score (nSPS) is 17.6. The Hall–Kier alpha value is -1.89. The van der Waals surface area contributed by atoms with Gasteiger partial charge in [0.2, 0.25) is 11.8 Å². The van der Waals surface area contributed by atoms with Gasteiger partial charge in [0.1, 0.15) is 6.54 Å². The molecule has 0 aliphatic carbocycles. The van der Waals surface area contributed by atoms with Crippen LogP contribution in [0, 0.1) is 6.92 Å². The molecule has 0 spiro atoms. The van der Waals surface area contributed by atoms with E-state index in [4.69, 9.17) is 5.11 Å². The molecule has 1 atom stereocenters. The van der Waals surface area contributed by atoms with Crippen molar-refractivity contribution in [1.29, 1.82) is 0 Å². The summed E-state index contributed by atoms with van der Waals surface area (Å²) in [6, 6.07) is 4.13. The lowest BCUT2D eigenvalue weighted by atomic mass is 10.1. The van der Waals surface area contributed by atoms with Gasteiger partial charge in [-0.05, 0) is 51.2 Å². The molecule has 0 aromatic carbocycles. The minimum absolute atomic E-state index is 0.101. The summed E-state index contributed by atoms with van der Waals surface area (Å²) in [6.45, 7) is 4.50. The summed E-state index contributed by atoms with van der Waals surface area (Å²) in [5, 5.41) is 9.01. The number of hydrogen-bond acceptors (Lipinski definition) is 4. The zero-order valence-electron chi connectivity index (χ0n) is 15.6. The first-order valence-corrected chi connectivity index (χ1v) is 10.0. The van der Waals surface area contributed by atoms with E-state index < -0.39 is 5.97 Å². The molecule has 1 aromatic rings. The van der Waals surface area contributed by atoms with Gasteiger partial charge in [-0.25, -0.2) is 0 Å². The summed E-state index contributed by atoms with van der Waals surface area (Å²) in [5.41, 5.74) is 0. The van der Waals surface area contributed by atoms with Crippen LogP contribution in [0.15, 0.2) is 12.1 Å². The molecule has 1 unspecified atom stereocenters. The molecule has 0 radical (unpaired) electrons. The van der Waals surface area contributed by atoms with Crippen molar-refractivity contribution < 1.29 is 19.5 Å². The highest BCUT2D eigenvalue weighted by Crippen LogP contribution is 2.20. The number of carboxylic acid groups (broad SMARTS) is 1. The van der Waals surface area contributed by atoms with Gasteiger partial charge in [0, 0.05) is 42.2 Å². The third kappa shape index (κ3) is 6.12. The molecule has 26 heavy (non-hydrogen) atoms. The van der Waals surface area contributed by atoms with E-state index in [-0.39, 0.29) is 24.4 Å². The standard InChI is InChI=1S/C19H28N2O4S/c1-14-8-9-17(26-14)6-3-7-18(23)20-11-4-5-16(10-12-20)21(15(2)22)13-19(24)25/h8-9,16H,3-7,10-13H2,1-2H3,(H,24,25). The Morgan fingerprint density at radius 3 is 2.65 bits per heavy atom. The number of carbonyl (C=O) groups is 3. The van der Waals surface area contributed by atoms with Crippen molar-refractivity contribution in [2.45, 2.75) is 58.4 Å². The van der Waals surface area contributed by atoms with Crippen LogP contribution in [0.25, 0.3) is 0 Å². The van der Waals surface area contributed by atoms with E-state index in [1.807, 2.05) is 4.90 Å². The van der Waals surface area contributed by atoms with Crippen LogP contribution in [0.5, 0.6) is 0 Å². The van der Waals surface area contributed by atoms with Crippen molar-refractivity contribution in [2.24, 2.45) is 0 Å². The second-order valence-corrected chi connectivity index (χ2v) is 8.24. The van der Waals surface area contributed by atoms with Gasteiger partial charge < -0.3 is 14.9 Å². The number of aryl methyl sites for hydroxylation is 2. The summed E-state index contributed by atoms with van der Waals surface area (Å²) < 4.78 is 0. The average Bonchev–Trinajstić information content (AvgIpc) is 2.83.